The monoisotopic (exact) mass is 353 g/mol. The lowest BCUT2D eigenvalue weighted by Gasteiger charge is -2.34. The molecular formula is C21H25N2O3+. The van der Waals surface area contributed by atoms with Crippen LogP contribution in [0.5, 0.6) is 5.75 Å². The molecule has 0 spiro atoms. The van der Waals surface area contributed by atoms with Gasteiger partial charge in [-0.1, -0.05) is 32.9 Å². The molecule has 136 valence electrons. The normalized spacial score (nSPS) is 17.5. The number of nitrogens with two attached hydrogens (primary N) is 1. The van der Waals surface area contributed by atoms with Gasteiger partial charge >= 0.3 is 5.63 Å². The van der Waals surface area contributed by atoms with Crippen molar-refractivity contribution in [2.75, 3.05) is 12.8 Å². The summed E-state index contributed by atoms with van der Waals surface area (Å²) in [5.74, 6) is 1.49. The number of hydrogen-bond acceptors (Lipinski definition) is 4. The molecule has 4 rings (SSSR count). The van der Waals surface area contributed by atoms with Gasteiger partial charge in [-0.2, -0.15) is 0 Å². The van der Waals surface area contributed by atoms with Crippen LogP contribution in [0.4, 0.5) is 5.82 Å². The number of ether oxygens (including phenoxy) is 1. The van der Waals surface area contributed by atoms with Crippen LogP contribution in [0.2, 0.25) is 0 Å². The first-order valence-electron chi connectivity index (χ1n) is 9.07. The maximum absolute atomic E-state index is 12.7. The molecule has 0 saturated carbocycles. The molecular weight excluding hydrogens is 328 g/mol. The van der Waals surface area contributed by atoms with Gasteiger partial charge in [-0.15, -0.1) is 0 Å². The average molecular weight is 353 g/mol. The molecule has 3 N–H and O–H groups in total. The number of anilines is 1. The van der Waals surface area contributed by atoms with Gasteiger partial charge in [0.05, 0.1) is 7.11 Å². The first-order chi connectivity index (χ1) is 12.3. The van der Waals surface area contributed by atoms with Crippen molar-refractivity contribution >= 4 is 27.6 Å². The Morgan fingerprint density at radius 1 is 1.27 bits per heavy atom. The number of nitrogen functional groups attached to an aromatic ring is 1. The highest BCUT2D eigenvalue weighted by atomic mass is 16.5. The van der Waals surface area contributed by atoms with E-state index in [1.165, 1.54) is 5.56 Å². The Labute approximate surface area is 152 Å². The molecule has 1 aromatic carbocycles. The second-order valence-electron chi connectivity index (χ2n) is 8.28. The van der Waals surface area contributed by atoms with Crippen molar-refractivity contribution in [2.24, 2.45) is 11.3 Å². The summed E-state index contributed by atoms with van der Waals surface area (Å²) in [6.07, 6.45) is 2.96. The second kappa shape index (κ2) is 5.73. The third-order valence-electron chi connectivity index (χ3n) is 5.76. The molecule has 1 aliphatic carbocycles. The molecule has 0 amide bonds. The number of rotatable bonds is 1. The summed E-state index contributed by atoms with van der Waals surface area (Å²) in [4.78, 5) is 16.0. The minimum atomic E-state index is -0.425. The summed E-state index contributed by atoms with van der Waals surface area (Å²) >= 11 is 0. The maximum atomic E-state index is 12.7. The van der Waals surface area contributed by atoms with E-state index in [0.29, 0.717) is 28.5 Å². The van der Waals surface area contributed by atoms with Crippen molar-refractivity contribution in [3.63, 3.8) is 0 Å². The Balaban J connectivity index is 2.13. The lowest BCUT2D eigenvalue weighted by atomic mass is 9.71. The van der Waals surface area contributed by atoms with Crippen molar-refractivity contribution in [2.45, 2.75) is 40.0 Å². The van der Waals surface area contributed by atoms with Gasteiger partial charge in [-0.05, 0) is 30.2 Å². The van der Waals surface area contributed by atoms with Gasteiger partial charge in [0.1, 0.15) is 5.69 Å². The zero-order valence-electron chi connectivity index (χ0n) is 15.7. The topological polar surface area (TPSA) is 79.6 Å². The summed E-state index contributed by atoms with van der Waals surface area (Å²) in [6, 6.07) is 5.70. The quantitative estimate of drug-likeness (QED) is 0.536. The third kappa shape index (κ3) is 2.45. The zero-order valence-corrected chi connectivity index (χ0v) is 15.7. The minimum absolute atomic E-state index is 0.207. The molecule has 26 heavy (non-hydrogen) atoms. The van der Waals surface area contributed by atoms with E-state index in [2.05, 4.69) is 25.8 Å². The largest absolute Gasteiger partial charge is 0.493 e. The van der Waals surface area contributed by atoms with E-state index in [1.54, 1.807) is 13.2 Å². The van der Waals surface area contributed by atoms with E-state index >= 15 is 0 Å². The molecule has 0 aliphatic heterocycles. The van der Waals surface area contributed by atoms with Crippen LogP contribution < -0.4 is 21.1 Å². The maximum Gasteiger partial charge on any atom is 0.352 e. The molecule has 5 nitrogen and oxygen atoms in total. The van der Waals surface area contributed by atoms with Crippen LogP contribution in [0.3, 0.4) is 0 Å². The summed E-state index contributed by atoms with van der Waals surface area (Å²) in [5.41, 5.74) is 8.80. The van der Waals surface area contributed by atoms with Crippen LogP contribution in [0.25, 0.3) is 21.7 Å². The highest BCUT2D eigenvalue weighted by Gasteiger charge is 2.33. The molecule has 2 heterocycles. The van der Waals surface area contributed by atoms with E-state index in [1.807, 2.05) is 12.1 Å². The van der Waals surface area contributed by atoms with Gasteiger partial charge in [0.25, 0.3) is 5.82 Å². The van der Waals surface area contributed by atoms with E-state index in [9.17, 15) is 4.79 Å². The fourth-order valence-electron chi connectivity index (χ4n) is 4.21. The molecule has 3 aromatic rings. The van der Waals surface area contributed by atoms with E-state index in [4.69, 9.17) is 14.9 Å². The number of hydrogen-bond donors (Lipinski definition) is 1. The lowest BCUT2D eigenvalue weighted by Crippen LogP contribution is -2.32. The molecule has 1 atom stereocenters. The summed E-state index contributed by atoms with van der Waals surface area (Å²) < 4.78 is 11.0. The Morgan fingerprint density at radius 2 is 2.04 bits per heavy atom. The van der Waals surface area contributed by atoms with Crippen molar-refractivity contribution < 1.29 is 14.1 Å². The number of para-hydroxylation sites is 1. The summed E-state index contributed by atoms with van der Waals surface area (Å²) in [5, 5.41) is 2.24. The number of nitrogens with one attached hydrogen (secondary N) is 1. The number of fused-ring (bicyclic) bond motifs is 5. The van der Waals surface area contributed by atoms with E-state index in [-0.39, 0.29) is 5.41 Å². The van der Waals surface area contributed by atoms with Crippen molar-refractivity contribution in [3.05, 3.63) is 39.9 Å². The predicted octanol–water partition coefficient (Wildman–Crippen LogP) is 3.50. The van der Waals surface area contributed by atoms with Crippen LogP contribution in [0.15, 0.2) is 27.4 Å². The van der Waals surface area contributed by atoms with Crippen LogP contribution >= 0.6 is 0 Å². The Morgan fingerprint density at radius 3 is 2.73 bits per heavy atom. The van der Waals surface area contributed by atoms with Crippen molar-refractivity contribution in [1.29, 1.82) is 0 Å². The molecule has 0 unspecified atom stereocenters. The summed E-state index contributed by atoms with van der Waals surface area (Å²) in [6.45, 7) is 6.84. The fourth-order valence-corrected chi connectivity index (χ4v) is 4.21. The second-order valence-corrected chi connectivity index (χ2v) is 8.28. The number of aryl methyl sites for hydroxylation is 1. The number of benzene rings is 1. The number of H-pyrrole nitrogens is 1. The molecule has 2 aromatic heterocycles. The molecule has 0 radical (unpaired) electrons. The van der Waals surface area contributed by atoms with Crippen LogP contribution in [-0.2, 0) is 12.8 Å². The fraction of sp³-hybridized carbons (Fsp3) is 0.429. The predicted molar refractivity (Wildman–Crippen MR) is 102 cm³/mol. The SMILES string of the molecule is COc1cccc2c1oc(=O)c1c(N)[nH+]c3c(c12)C[C@H](C(C)(C)C)CC3. The number of methoxy groups -OCH3 is 1. The minimum Gasteiger partial charge on any atom is -0.493 e. The number of pyridine rings is 1. The van der Waals surface area contributed by atoms with Crippen LogP contribution in [-0.4, -0.2) is 7.11 Å². The van der Waals surface area contributed by atoms with Gasteiger partial charge < -0.3 is 9.15 Å². The van der Waals surface area contributed by atoms with Gasteiger partial charge in [-0.25, -0.2) is 9.78 Å². The molecule has 0 saturated heterocycles. The molecule has 0 fully saturated rings. The first kappa shape index (κ1) is 16.9. The standard InChI is InChI=1S/C21H24N2O3/c1-21(2,3)11-8-9-14-13(10-11)16-12-6-5-7-15(25-4)18(12)26-20(24)17(16)19(22)23-14/h5-7,11H,8-10H2,1-4H3,(H2,22,23)/p+1/t11-/m1/s1. The average Bonchev–Trinajstić information content (AvgIpc) is 2.59. The van der Waals surface area contributed by atoms with Crippen molar-refractivity contribution in [1.82, 2.24) is 0 Å². The number of aromatic amines is 1. The van der Waals surface area contributed by atoms with E-state index < -0.39 is 5.63 Å². The highest BCUT2D eigenvalue weighted by molar-refractivity contribution is 6.10. The third-order valence-corrected chi connectivity index (χ3v) is 5.76. The molecule has 1 aliphatic rings. The highest BCUT2D eigenvalue weighted by Crippen LogP contribution is 2.41. The molecule has 5 heteroatoms. The van der Waals surface area contributed by atoms with Gasteiger partial charge in [0.15, 0.2) is 16.7 Å². The number of aromatic nitrogens is 1. The van der Waals surface area contributed by atoms with Crippen LogP contribution in [0.1, 0.15) is 38.4 Å². The van der Waals surface area contributed by atoms with Gasteiger partial charge in [0.2, 0.25) is 0 Å². The summed E-state index contributed by atoms with van der Waals surface area (Å²) in [7, 11) is 1.58. The van der Waals surface area contributed by atoms with Gasteiger partial charge in [-0.3, -0.25) is 5.73 Å². The Bertz CT molecular complexity index is 1080. The molecule has 0 bridgehead atoms. The Hall–Kier alpha value is -2.56. The first-order valence-corrected chi connectivity index (χ1v) is 9.07. The van der Waals surface area contributed by atoms with Crippen molar-refractivity contribution in [3.8, 4) is 5.75 Å². The van der Waals surface area contributed by atoms with Gasteiger partial charge in [0, 0.05) is 22.8 Å². The smallest absolute Gasteiger partial charge is 0.352 e. The lowest BCUT2D eigenvalue weighted by molar-refractivity contribution is -0.373. The van der Waals surface area contributed by atoms with E-state index in [0.717, 1.165) is 35.7 Å². The van der Waals surface area contributed by atoms with Crippen LogP contribution in [0, 0.1) is 11.3 Å². The zero-order chi connectivity index (χ0) is 18.6. The Kier molecular flexibility index (Phi) is 3.72.